The molecule has 0 radical (unpaired) electrons. The zero-order valence-electron chi connectivity index (χ0n) is 12.5. The Morgan fingerprint density at radius 1 is 0.909 bits per heavy atom. The SMILES string of the molecule is C1CN(SN2CCOCC2)CCO1.c1ccc2scnc2c1. The van der Waals surface area contributed by atoms with Gasteiger partial charge in [0, 0.05) is 38.3 Å². The van der Waals surface area contributed by atoms with Crippen molar-refractivity contribution in [1.29, 1.82) is 0 Å². The van der Waals surface area contributed by atoms with Crippen LogP contribution in [-0.4, -0.2) is 66.2 Å². The molecule has 3 heterocycles. The fourth-order valence-electron chi connectivity index (χ4n) is 2.22. The molecule has 2 saturated heterocycles. The summed E-state index contributed by atoms with van der Waals surface area (Å²) in [5.74, 6) is 0. The number of aromatic nitrogens is 1. The van der Waals surface area contributed by atoms with Gasteiger partial charge in [-0.3, -0.25) is 0 Å². The van der Waals surface area contributed by atoms with Gasteiger partial charge < -0.3 is 9.47 Å². The van der Waals surface area contributed by atoms with Gasteiger partial charge in [-0.25, -0.2) is 13.6 Å². The van der Waals surface area contributed by atoms with E-state index in [-0.39, 0.29) is 0 Å². The van der Waals surface area contributed by atoms with Gasteiger partial charge in [0.15, 0.2) is 0 Å². The van der Waals surface area contributed by atoms with Crippen LogP contribution in [0.1, 0.15) is 0 Å². The average molecular weight is 339 g/mol. The first-order chi connectivity index (χ1) is 10.9. The van der Waals surface area contributed by atoms with Crippen molar-refractivity contribution in [2.75, 3.05) is 52.6 Å². The second-order valence-corrected chi connectivity index (χ2v) is 7.07. The molecule has 0 saturated carbocycles. The second kappa shape index (κ2) is 8.81. The summed E-state index contributed by atoms with van der Waals surface area (Å²) in [4.78, 5) is 4.14. The van der Waals surface area contributed by atoms with Crippen molar-refractivity contribution in [2.24, 2.45) is 0 Å². The molecule has 2 aliphatic rings. The lowest BCUT2D eigenvalue weighted by atomic mass is 10.3. The molecule has 2 fully saturated rings. The molecular weight excluding hydrogens is 318 g/mol. The van der Waals surface area contributed by atoms with Crippen LogP contribution in [0.15, 0.2) is 29.8 Å². The van der Waals surface area contributed by atoms with Gasteiger partial charge in [0.25, 0.3) is 0 Å². The Labute approximate surface area is 139 Å². The molecule has 0 N–H and O–H groups in total. The van der Waals surface area contributed by atoms with Gasteiger partial charge in [-0.1, -0.05) is 12.1 Å². The van der Waals surface area contributed by atoms with E-state index in [0.29, 0.717) is 0 Å². The van der Waals surface area contributed by atoms with Crippen molar-refractivity contribution >= 4 is 33.7 Å². The predicted octanol–water partition coefficient (Wildman–Crippen LogP) is 2.51. The molecule has 0 unspecified atom stereocenters. The number of hydrogen-bond donors (Lipinski definition) is 0. The van der Waals surface area contributed by atoms with E-state index >= 15 is 0 Å². The Morgan fingerprint density at radius 2 is 1.50 bits per heavy atom. The molecular formula is C15H21N3O2S2. The summed E-state index contributed by atoms with van der Waals surface area (Å²) in [5, 5.41) is 0. The number of nitrogens with zero attached hydrogens (tertiary/aromatic N) is 3. The van der Waals surface area contributed by atoms with Gasteiger partial charge in [-0.05, 0) is 12.1 Å². The number of thiazole rings is 1. The molecule has 7 heteroatoms. The van der Waals surface area contributed by atoms with Crippen LogP contribution in [-0.2, 0) is 9.47 Å². The van der Waals surface area contributed by atoms with Crippen molar-refractivity contribution in [2.45, 2.75) is 0 Å². The molecule has 0 amide bonds. The molecule has 0 atom stereocenters. The third kappa shape index (κ3) is 4.91. The molecule has 1 aromatic heterocycles. The standard InChI is InChI=1S/C8H16N2O2S.C7H5NS/c1-5-11-6-2-9(1)13-10-3-7-12-8-4-10;1-2-4-7-6(3-1)8-5-9-7/h1-8H2;1-5H. The number of benzene rings is 1. The fraction of sp³-hybridized carbons (Fsp3) is 0.533. The molecule has 2 aromatic rings. The number of para-hydroxylation sites is 1. The normalized spacial score (nSPS) is 20.5. The molecule has 1 aromatic carbocycles. The summed E-state index contributed by atoms with van der Waals surface area (Å²) in [5.41, 5.74) is 2.97. The quantitative estimate of drug-likeness (QED) is 0.783. The highest BCUT2D eigenvalue weighted by Gasteiger charge is 2.17. The monoisotopic (exact) mass is 339 g/mol. The van der Waals surface area contributed by atoms with Gasteiger partial charge in [-0.15, -0.1) is 11.3 Å². The Morgan fingerprint density at radius 3 is 2.09 bits per heavy atom. The minimum absolute atomic E-state index is 0.872. The molecule has 0 aliphatic carbocycles. The van der Waals surface area contributed by atoms with E-state index in [2.05, 4.69) is 19.7 Å². The lowest BCUT2D eigenvalue weighted by Crippen LogP contribution is -2.38. The smallest absolute Gasteiger partial charge is 0.0812 e. The van der Waals surface area contributed by atoms with Crippen LogP contribution in [0, 0.1) is 0 Å². The lowest BCUT2D eigenvalue weighted by molar-refractivity contribution is 0.0641. The third-order valence-electron chi connectivity index (χ3n) is 3.41. The summed E-state index contributed by atoms with van der Waals surface area (Å²) < 4.78 is 16.6. The van der Waals surface area contributed by atoms with E-state index in [1.165, 1.54) is 4.70 Å². The summed E-state index contributed by atoms with van der Waals surface area (Å²) in [6.45, 7) is 7.66. The molecule has 0 bridgehead atoms. The maximum absolute atomic E-state index is 5.29. The Kier molecular flexibility index (Phi) is 6.47. The summed E-state index contributed by atoms with van der Waals surface area (Å²) in [6.07, 6.45) is 0. The van der Waals surface area contributed by atoms with E-state index in [9.17, 15) is 0 Å². The van der Waals surface area contributed by atoms with Crippen LogP contribution >= 0.6 is 23.5 Å². The largest absolute Gasteiger partial charge is 0.379 e. The predicted molar refractivity (Wildman–Crippen MR) is 92.0 cm³/mol. The van der Waals surface area contributed by atoms with Gasteiger partial charge in [0.1, 0.15) is 0 Å². The highest BCUT2D eigenvalue weighted by atomic mass is 32.2. The summed E-state index contributed by atoms with van der Waals surface area (Å²) >= 11 is 3.52. The molecule has 0 spiro atoms. The topological polar surface area (TPSA) is 37.8 Å². The van der Waals surface area contributed by atoms with Crippen molar-refractivity contribution < 1.29 is 9.47 Å². The van der Waals surface area contributed by atoms with E-state index < -0.39 is 0 Å². The first kappa shape index (κ1) is 16.2. The van der Waals surface area contributed by atoms with E-state index in [1.807, 2.05) is 35.8 Å². The van der Waals surface area contributed by atoms with Crippen LogP contribution in [0.25, 0.3) is 10.2 Å². The molecule has 4 rings (SSSR count). The third-order valence-corrected chi connectivity index (χ3v) is 5.41. The molecule has 5 nitrogen and oxygen atoms in total. The molecule has 22 heavy (non-hydrogen) atoms. The maximum atomic E-state index is 5.29. The van der Waals surface area contributed by atoms with Crippen molar-refractivity contribution in [3.63, 3.8) is 0 Å². The first-order valence-corrected chi connectivity index (χ1v) is 9.14. The van der Waals surface area contributed by atoms with Crippen LogP contribution in [0.4, 0.5) is 0 Å². The van der Waals surface area contributed by atoms with Gasteiger partial charge in [-0.2, -0.15) is 0 Å². The average Bonchev–Trinajstić information content (AvgIpc) is 3.06. The van der Waals surface area contributed by atoms with Crippen LogP contribution in [0.5, 0.6) is 0 Å². The summed E-state index contributed by atoms with van der Waals surface area (Å²) in [7, 11) is 0. The molecule has 2 aliphatic heterocycles. The van der Waals surface area contributed by atoms with E-state index in [0.717, 1.165) is 58.1 Å². The minimum Gasteiger partial charge on any atom is -0.379 e. The van der Waals surface area contributed by atoms with Crippen LogP contribution in [0.2, 0.25) is 0 Å². The Bertz CT molecular complexity index is 508. The highest BCUT2D eigenvalue weighted by molar-refractivity contribution is 7.94. The number of morpholine rings is 2. The maximum Gasteiger partial charge on any atom is 0.0812 e. The Hall–Kier alpha value is -0.700. The highest BCUT2D eigenvalue weighted by Crippen LogP contribution is 2.18. The van der Waals surface area contributed by atoms with Crippen LogP contribution in [0.3, 0.4) is 0 Å². The van der Waals surface area contributed by atoms with Crippen molar-refractivity contribution in [3.8, 4) is 0 Å². The van der Waals surface area contributed by atoms with E-state index in [1.54, 1.807) is 11.3 Å². The Balaban J connectivity index is 0.000000139. The zero-order chi connectivity index (χ0) is 15.0. The number of ether oxygens (including phenoxy) is 2. The number of hydrogen-bond acceptors (Lipinski definition) is 7. The van der Waals surface area contributed by atoms with Gasteiger partial charge >= 0.3 is 0 Å². The summed E-state index contributed by atoms with van der Waals surface area (Å²) in [6, 6.07) is 8.13. The van der Waals surface area contributed by atoms with Gasteiger partial charge in [0.2, 0.25) is 0 Å². The van der Waals surface area contributed by atoms with Crippen LogP contribution < -0.4 is 0 Å². The zero-order valence-corrected chi connectivity index (χ0v) is 14.2. The second-order valence-electron chi connectivity index (χ2n) is 4.98. The molecule has 120 valence electrons. The lowest BCUT2D eigenvalue weighted by Gasteiger charge is -2.32. The van der Waals surface area contributed by atoms with E-state index in [4.69, 9.17) is 9.47 Å². The first-order valence-electron chi connectivity index (χ1n) is 7.53. The number of rotatable bonds is 2. The minimum atomic E-state index is 0.872. The number of fused-ring (bicyclic) bond motifs is 1. The van der Waals surface area contributed by atoms with Crippen molar-refractivity contribution in [3.05, 3.63) is 29.8 Å². The van der Waals surface area contributed by atoms with Gasteiger partial charge in [0.05, 0.1) is 42.2 Å². The fourth-order valence-corrected chi connectivity index (χ4v) is 3.85. The van der Waals surface area contributed by atoms with Crippen molar-refractivity contribution in [1.82, 2.24) is 13.6 Å².